The van der Waals surface area contributed by atoms with Gasteiger partial charge in [0, 0.05) is 13.7 Å². The van der Waals surface area contributed by atoms with Gasteiger partial charge < -0.3 is 15.2 Å². The summed E-state index contributed by atoms with van der Waals surface area (Å²) in [6, 6.07) is 9.61. The number of nitrogens with one attached hydrogen (secondary N) is 1. The second-order valence-corrected chi connectivity index (χ2v) is 5.56. The van der Waals surface area contributed by atoms with Crippen molar-refractivity contribution in [2.45, 2.75) is 24.9 Å². The molecule has 0 aromatic heterocycles. The number of hydrogen-bond donors (Lipinski definition) is 2. The van der Waals surface area contributed by atoms with Crippen LogP contribution in [-0.2, 0) is 20.9 Å². The average molecular weight is 306 g/mol. The van der Waals surface area contributed by atoms with E-state index in [2.05, 4.69) is 5.32 Å². The summed E-state index contributed by atoms with van der Waals surface area (Å²) in [5, 5.41) is 12.4. The highest BCUT2D eigenvalue weighted by Gasteiger charge is 2.48. The van der Waals surface area contributed by atoms with Crippen molar-refractivity contribution in [3.05, 3.63) is 35.9 Å². The SMILES string of the molecule is COCC1(C(=O)O)CCCN1CC(=O)NCc1ccccc1. The molecule has 120 valence electrons. The summed E-state index contributed by atoms with van der Waals surface area (Å²) < 4.78 is 5.08. The Balaban J connectivity index is 1.93. The number of carbonyl (C=O) groups is 2. The van der Waals surface area contributed by atoms with Crippen LogP contribution in [0.4, 0.5) is 0 Å². The maximum Gasteiger partial charge on any atom is 0.326 e. The number of carboxylic acid groups (broad SMARTS) is 1. The van der Waals surface area contributed by atoms with E-state index in [4.69, 9.17) is 4.74 Å². The molecule has 1 atom stereocenters. The van der Waals surface area contributed by atoms with Crippen LogP contribution in [0.2, 0.25) is 0 Å². The van der Waals surface area contributed by atoms with Crippen molar-refractivity contribution in [1.29, 1.82) is 0 Å². The molecule has 6 heteroatoms. The standard InChI is InChI=1S/C16H22N2O4/c1-22-12-16(15(20)21)8-5-9-18(16)11-14(19)17-10-13-6-3-2-4-7-13/h2-4,6-7H,5,8-12H2,1H3,(H,17,19)(H,20,21). The van der Waals surface area contributed by atoms with Gasteiger partial charge in [-0.3, -0.25) is 14.5 Å². The van der Waals surface area contributed by atoms with Crippen molar-refractivity contribution in [1.82, 2.24) is 10.2 Å². The van der Waals surface area contributed by atoms with Gasteiger partial charge in [0.05, 0.1) is 13.2 Å². The lowest BCUT2D eigenvalue weighted by Crippen LogP contribution is -2.56. The first-order valence-corrected chi connectivity index (χ1v) is 7.36. The second kappa shape index (κ2) is 7.38. The molecule has 1 unspecified atom stereocenters. The summed E-state index contributed by atoms with van der Waals surface area (Å²) in [6.07, 6.45) is 1.25. The monoisotopic (exact) mass is 306 g/mol. The third kappa shape index (κ3) is 3.64. The minimum Gasteiger partial charge on any atom is -0.480 e. The summed E-state index contributed by atoms with van der Waals surface area (Å²) in [5.41, 5.74) is -0.0718. The van der Waals surface area contributed by atoms with Crippen molar-refractivity contribution in [2.24, 2.45) is 0 Å². The molecule has 0 spiro atoms. The molecule has 1 aliphatic rings. The molecule has 2 N–H and O–H groups in total. The summed E-state index contributed by atoms with van der Waals surface area (Å²) in [6.45, 7) is 1.20. The quantitative estimate of drug-likeness (QED) is 0.781. The number of likely N-dealkylation sites (tertiary alicyclic amines) is 1. The van der Waals surface area contributed by atoms with Gasteiger partial charge in [0.1, 0.15) is 5.54 Å². The molecule has 0 radical (unpaired) electrons. The molecule has 1 aliphatic heterocycles. The number of amides is 1. The highest BCUT2D eigenvalue weighted by Crippen LogP contribution is 2.29. The number of hydrogen-bond acceptors (Lipinski definition) is 4. The number of rotatable bonds is 7. The zero-order valence-electron chi connectivity index (χ0n) is 12.7. The Kier molecular flexibility index (Phi) is 5.51. The van der Waals surface area contributed by atoms with E-state index in [1.807, 2.05) is 30.3 Å². The van der Waals surface area contributed by atoms with Crippen molar-refractivity contribution in [3.8, 4) is 0 Å². The predicted octanol–water partition coefficient (Wildman–Crippen LogP) is 0.868. The Morgan fingerprint density at radius 2 is 2.09 bits per heavy atom. The first-order chi connectivity index (χ1) is 10.6. The first-order valence-electron chi connectivity index (χ1n) is 7.36. The average Bonchev–Trinajstić information content (AvgIpc) is 2.90. The summed E-state index contributed by atoms with van der Waals surface area (Å²) >= 11 is 0. The van der Waals surface area contributed by atoms with Crippen LogP contribution in [0.5, 0.6) is 0 Å². The lowest BCUT2D eigenvalue weighted by atomic mass is 9.97. The fraction of sp³-hybridized carbons (Fsp3) is 0.500. The fourth-order valence-electron chi connectivity index (χ4n) is 2.90. The van der Waals surface area contributed by atoms with E-state index < -0.39 is 11.5 Å². The van der Waals surface area contributed by atoms with Crippen molar-refractivity contribution in [2.75, 3.05) is 26.8 Å². The van der Waals surface area contributed by atoms with Crippen LogP contribution >= 0.6 is 0 Å². The maximum absolute atomic E-state index is 12.1. The zero-order valence-corrected chi connectivity index (χ0v) is 12.7. The Morgan fingerprint density at radius 1 is 1.36 bits per heavy atom. The molecule has 1 aromatic rings. The molecule has 0 aliphatic carbocycles. The summed E-state index contributed by atoms with van der Waals surface area (Å²) in [4.78, 5) is 25.4. The molecule has 1 saturated heterocycles. The third-order valence-corrected chi connectivity index (χ3v) is 4.07. The van der Waals surface area contributed by atoms with Crippen molar-refractivity contribution in [3.63, 3.8) is 0 Å². The van der Waals surface area contributed by atoms with Crippen LogP contribution < -0.4 is 5.32 Å². The zero-order chi connectivity index (χ0) is 16.0. The number of carboxylic acids is 1. The van der Waals surface area contributed by atoms with Crippen LogP contribution in [0.3, 0.4) is 0 Å². The van der Waals surface area contributed by atoms with Gasteiger partial charge in [-0.1, -0.05) is 30.3 Å². The first kappa shape index (κ1) is 16.5. The van der Waals surface area contributed by atoms with Crippen LogP contribution in [0, 0.1) is 0 Å². The molecule has 22 heavy (non-hydrogen) atoms. The normalized spacial score (nSPS) is 21.7. The highest BCUT2D eigenvalue weighted by molar-refractivity contribution is 5.82. The number of carbonyl (C=O) groups excluding carboxylic acids is 1. The molecule has 0 bridgehead atoms. The van der Waals surface area contributed by atoms with E-state index in [-0.39, 0.29) is 19.1 Å². The van der Waals surface area contributed by atoms with Gasteiger partial charge in [-0.15, -0.1) is 0 Å². The van der Waals surface area contributed by atoms with Gasteiger partial charge in [-0.25, -0.2) is 0 Å². The van der Waals surface area contributed by atoms with Gasteiger partial charge in [0.15, 0.2) is 0 Å². The lowest BCUT2D eigenvalue weighted by Gasteiger charge is -2.33. The van der Waals surface area contributed by atoms with Crippen LogP contribution in [-0.4, -0.2) is 54.2 Å². The highest BCUT2D eigenvalue weighted by atomic mass is 16.5. The molecular weight excluding hydrogens is 284 g/mol. The molecule has 1 fully saturated rings. The van der Waals surface area contributed by atoms with Gasteiger partial charge in [0.25, 0.3) is 0 Å². The Labute approximate surface area is 130 Å². The van der Waals surface area contributed by atoms with E-state index in [1.165, 1.54) is 7.11 Å². The minimum atomic E-state index is -1.08. The Bertz CT molecular complexity index is 520. The topological polar surface area (TPSA) is 78.9 Å². The van der Waals surface area contributed by atoms with Crippen molar-refractivity contribution < 1.29 is 19.4 Å². The van der Waals surface area contributed by atoms with Crippen LogP contribution in [0.25, 0.3) is 0 Å². The van der Waals surface area contributed by atoms with Crippen molar-refractivity contribution >= 4 is 11.9 Å². The maximum atomic E-state index is 12.1. The van der Waals surface area contributed by atoms with E-state index >= 15 is 0 Å². The van der Waals surface area contributed by atoms with E-state index in [0.717, 1.165) is 12.0 Å². The van der Waals surface area contributed by atoms with E-state index in [0.29, 0.717) is 19.5 Å². The van der Waals surface area contributed by atoms with Gasteiger partial charge >= 0.3 is 5.97 Å². The molecular formula is C16H22N2O4. The summed E-state index contributed by atoms with van der Waals surface area (Å²) in [5.74, 6) is -1.10. The Hall–Kier alpha value is -1.92. The molecule has 6 nitrogen and oxygen atoms in total. The third-order valence-electron chi connectivity index (χ3n) is 4.07. The van der Waals surface area contributed by atoms with Crippen LogP contribution in [0.1, 0.15) is 18.4 Å². The second-order valence-electron chi connectivity index (χ2n) is 5.56. The number of benzene rings is 1. The van der Waals surface area contributed by atoms with E-state index in [9.17, 15) is 14.7 Å². The Morgan fingerprint density at radius 3 is 2.73 bits per heavy atom. The lowest BCUT2D eigenvalue weighted by molar-refractivity contribution is -0.154. The molecule has 1 aromatic carbocycles. The number of nitrogens with zero attached hydrogens (tertiary/aromatic N) is 1. The number of methoxy groups -OCH3 is 1. The van der Waals surface area contributed by atoms with Gasteiger partial charge in [-0.2, -0.15) is 0 Å². The van der Waals surface area contributed by atoms with Gasteiger partial charge in [-0.05, 0) is 24.9 Å². The fourth-order valence-corrected chi connectivity index (χ4v) is 2.90. The number of aliphatic carboxylic acids is 1. The smallest absolute Gasteiger partial charge is 0.326 e. The molecule has 1 amide bonds. The van der Waals surface area contributed by atoms with Crippen LogP contribution in [0.15, 0.2) is 30.3 Å². The predicted molar refractivity (Wildman–Crippen MR) is 81.3 cm³/mol. The van der Waals surface area contributed by atoms with Gasteiger partial charge in [0.2, 0.25) is 5.91 Å². The minimum absolute atomic E-state index is 0.0719. The van der Waals surface area contributed by atoms with E-state index in [1.54, 1.807) is 4.90 Å². The largest absolute Gasteiger partial charge is 0.480 e. The molecule has 2 rings (SSSR count). The summed E-state index contributed by atoms with van der Waals surface area (Å²) in [7, 11) is 1.48. The molecule has 1 heterocycles. The molecule has 0 saturated carbocycles. The number of ether oxygens (including phenoxy) is 1.